The molecule has 1 aliphatic rings. The van der Waals surface area contributed by atoms with E-state index in [2.05, 4.69) is 25.4 Å². The number of aryl methyl sites for hydroxylation is 1. The Labute approximate surface area is 162 Å². The monoisotopic (exact) mass is 379 g/mol. The van der Waals surface area contributed by atoms with Gasteiger partial charge in [0.1, 0.15) is 6.10 Å². The fourth-order valence-electron chi connectivity index (χ4n) is 3.29. The third kappa shape index (κ3) is 4.33. The lowest BCUT2D eigenvalue weighted by atomic mass is 9.92. The summed E-state index contributed by atoms with van der Waals surface area (Å²) in [4.78, 5) is 24.9. The first-order valence-corrected chi connectivity index (χ1v) is 9.31. The lowest BCUT2D eigenvalue weighted by molar-refractivity contribution is 0.0890. The maximum Gasteiger partial charge on any atom is 0.257 e. The highest BCUT2D eigenvalue weighted by atomic mass is 16.5. The van der Waals surface area contributed by atoms with Crippen molar-refractivity contribution in [1.29, 1.82) is 0 Å². The molecule has 1 fully saturated rings. The summed E-state index contributed by atoms with van der Waals surface area (Å²) in [6, 6.07) is 7.31. The maximum atomic E-state index is 12.5. The molecule has 0 bridgehead atoms. The highest BCUT2D eigenvalue weighted by Crippen LogP contribution is 2.23. The second-order valence-electron chi connectivity index (χ2n) is 6.83. The van der Waals surface area contributed by atoms with Gasteiger partial charge in [-0.2, -0.15) is 4.98 Å². The van der Waals surface area contributed by atoms with E-state index in [4.69, 9.17) is 9.26 Å². The predicted molar refractivity (Wildman–Crippen MR) is 101 cm³/mol. The van der Waals surface area contributed by atoms with Crippen LogP contribution in [0.2, 0.25) is 0 Å². The number of ether oxygens (including phenoxy) is 1. The summed E-state index contributed by atoms with van der Waals surface area (Å²) in [5.74, 6) is 1.50. The van der Waals surface area contributed by atoms with Gasteiger partial charge in [-0.25, -0.2) is 4.98 Å². The Kier molecular flexibility index (Phi) is 5.27. The molecule has 8 nitrogen and oxygen atoms in total. The Morgan fingerprint density at radius 1 is 1.14 bits per heavy atom. The average Bonchev–Trinajstić information content (AvgIpc) is 3.17. The molecule has 0 aliphatic heterocycles. The number of rotatable bonds is 5. The summed E-state index contributed by atoms with van der Waals surface area (Å²) >= 11 is 0. The van der Waals surface area contributed by atoms with Gasteiger partial charge in [-0.1, -0.05) is 5.16 Å². The zero-order chi connectivity index (χ0) is 19.3. The van der Waals surface area contributed by atoms with Crippen molar-refractivity contribution in [2.45, 2.75) is 44.8 Å². The molecule has 144 valence electrons. The summed E-state index contributed by atoms with van der Waals surface area (Å²) in [7, 11) is 0. The quantitative estimate of drug-likeness (QED) is 0.727. The van der Waals surface area contributed by atoms with E-state index in [0.29, 0.717) is 23.2 Å². The minimum atomic E-state index is -0.0773. The Morgan fingerprint density at radius 3 is 2.57 bits per heavy atom. The number of carbonyl (C=O) groups is 1. The summed E-state index contributed by atoms with van der Waals surface area (Å²) in [6.45, 7) is 1.77. The van der Waals surface area contributed by atoms with Crippen molar-refractivity contribution >= 4 is 5.91 Å². The Bertz CT molecular complexity index is 919. The number of hydrogen-bond donors (Lipinski definition) is 1. The number of nitrogens with zero attached hydrogens (tertiary/aromatic N) is 4. The molecule has 1 amide bonds. The zero-order valence-corrected chi connectivity index (χ0v) is 15.5. The first kappa shape index (κ1) is 18.1. The Hall–Kier alpha value is -3.29. The van der Waals surface area contributed by atoms with E-state index in [9.17, 15) is 4.79 Å². The third-order valence-electron chi connectivity index (χ3n) is 4.76. The molecule has 1 aliphatic carbocycles. The van der Waals surface area contributed by atoms with Gasteiger partial charge in [0.05, 0.1) is 6.20 Å². The molecule has 0 spiro atoms. The smallest absolute Gasteiger partial charge is 0.257 e. The van der Waals surface area contributed by atoms with Crippen LogP contribution in [0.15, 0.2) is 47.4 Å². The normalized spacial score (nSPS) is 19.2. The van der Waals surface area contributed by atoms with Gasteiger partial charge in [-0.05, 0) is 56.9 Å². The van der Waals surface area contributed by atoms with E-state index >= 15 is 0 Å². The number of benzene rings is 1. The van der Waals surface area contributed by atoms with E-state index in [1.165, 1.54) is 0 Å². The third-order valence-corrected chi connectivity index (χ3v) is 4.76. The maximum absolute atomic E-state index is 12.5. The van der Waals surface area contributed by atoms with Crippen LogP contribution in [0.3, 0.4) is 0 Å². The number of amides is 1. The van der Waals surface area contributed by atoms with Crippen molar-refractivity contribution in [3.05, 3.63) is 54.2 Å². The van der Waals surface area contributed by atoms with Gasteiger partial charge in [0.15, 0.2) is 5.82 Å². The van der Waals surface area contributed by atoms with Crippen LogP contribution in [0.4, 0.5) is 0 Å². The lowest BCUT2D eigenvalue weighted by Gasteiger charge is -2.29. The Balaban J connectivity index is 1.28. The minimum Gasteiger partial charge on any atom is -0.473 e. The van der Waals surface area contributed by atoms with Crippen LogP contribution in [0.25, 0.3) is 11.5 Å². The molecule has 1 saturated carbocycles. The van der Waals surface area contributed by atoms with Crippen LogP contribution in [0.5, 0.6) is 5.88 Å². The summed E-state index contributed by atoms with van der Waals surface area (Å²) < 4.78 is 11.0. The van der Waals surface area contributed by atoms with Crippen molar-refractivity contribution in [3.63, 3.8) is 0 Å². The summed E-state index contributed by atoms with van der Waals surface area (Å²) in [5, 5.41) is 6.89. The van der Waals surface area contributed by atoms with E-state index in [1.807, 2.05) is 12.1 Å². The van der Waals surface area contributed by atoms with Crippen molar-refractivity contribution in [3.8, 4) is 17.3 Å². The van der Waals surface area contributed by atoms with Gasteiger partial charge in [0.2, 0.25) is 5.88 Å². The standard InChI is InChI=1S/C20H21N5O3/c1-13-23-20(28-25-13)15-4-2-14(3-5-15)19(26)24-16-6-8-17(9-7-16)27-18-12-21-10-11-22-18/h2-5,10-12,16-17H,6-9H2,1H3,(H,24,26). The molecule has 3 aromatic rings. The van der Waals surface area contributed by atoms with Crippen molar-refractivity contribution in [1.82, 2.24) is 25.4 Å². The fourth-order valence-corrected chi connectivity index (χ4v) is 3.29. The van der Waals surface area contributed by atoms with Gasteiger partial charge in [0.25, 0.3) is 11.8 Å². The van der Waals surface area contributed by atoms with E-state index in [-0.39, 0.29) is 18.1 Å². The number of hydrogen-bond acceptors (Lipinski definition) is 7. The van der Waals surface area contributed by atoms with Crippen LogP contribution in [0, 0.1) is 6.92 Å². The zero-order valence-electron chi connectivity index (χ0n) is 15.5. The van der Waals surface area contributed by atoms with Crippen LogP contribution < -0.4 is 10.1 Å². The van der Waals surface area contributed by atoms with E-state index < -0.39 is 0 Å². The SMILES string of the molecule is Cc1noc(-c2ccc(C(=O)NC3CCC(Oc4cnccn4)CC3)cc2)n1. The van der Waals surface area contributed by atoms with Gasteiger partial charge in [-0.3, -0.25) is 9.78 Å². The van der Waals surface area contributed by atoms with Gasteiger partial charge in [0, 0.05) is 29.6 Å². The highest BCUT2D eigenvalue weighted by molar-refractivity contribution is 5.94. The summed E-state index contributed by atoms with van der Waals surface area (Å²) in [6.07, 6.45) is 8.45. The molecule has 1 N–H and O–H groups in total. The molecule has 0 unspecified atom stereocenters. The molecule has 8 heteroatoms. The van der Waals surface area contributed by atoms with Crippen LogP contribution in [-0.4, -0.2) is 38.2 Å². The van der Waals surface area contributed by atoms with Crippen molar-refractivity contribution < 1.29 is 14.1 Å². The van der Waals surface area contributed by atoms with Gasteiger partial charge < -0.3 is 14.6 Å². The van der Waals surface area contributed by atoms with Crippen LogP contribution >= 0.6 is 0 Å². The second kappa shape index (κ2) is 8.16. The molecule has 0 radical (unpaired) electrons. The highest BCUT2D eigenvalue weighted by Gasteiger charge is 2.24. The molecular weight excluding hydrogens is 358 g/mol. The molecule has 2 aromatic heterocycles. The first-order chi connectivity index (χ1) is 13.7. The minimum absolute atomic E-state index is 0.0773. The van der Waals surface area contributed by atoms with E-state index in [0.717, 1.165) is 31.2 Å². The molecule has 4 rings (SSSR count). The molecule has 2 heterocycles. The number of carbonyl (C=O) groups excluding carboxylic acids is 1. The van der Waals surface area contributed by atoms with Crippen LogP contribution in [-0.2, 0) is 0 Å². The first-order valence-electron chi connectivity index (χ1n) is 9.31. The Morgan fingerprint density at radius 2 is 1.93 bits per heavy atom. The van der Waals surface area contributed by atoms with Gasteiger partial charge >= 0.3 is 0 Å². The van der Waals surface area contributed by atoms with E-state index in [1.54, 1.807) is 37.6 Å². The van der Waals surface area contributed by atoms with Crippen LogP contribution in [0.1, 0.15) is 41.9 Å². The number of aromatic nitrogens is 4. The molecule has 0 saturated heterocycles. The summed E-state index contributed by atoms with van der Waals surface area (Å²) in [5.41, 5.74) is 1.40. The molecule has 28 heavy (non-hydrogen) atoms. The molecular formula is C20H21N5O3. The second-order valence-corrected chi connectivity index (χ2v) is 6.83. The predicted octanol–water partition coefficient (Wildman–Crippen LogP) is 2.96. The van der Waals surface area contributed by atoms with Crippen molar-refractivity contribution in [2.24, 2.45) is 0 Å². The average molecular weight is 379 g/mol. The lowest BCUT2D eigenvalue weighted by Crippen LogP contribution is -2.39. The van der Waals surface area contributed by atoms with Gasteiger partial charge in [-0.15, -0.1) is 0 Å². The largest absolute Gasteiger partial charge is 0.473 e. The molecule has 0 atom stereocenters. The number of nitrogens with one attached hydrogen (secondary N) is 1. The van der Waals surface area contributed by atoms with Crippen molar-refractivity contribution in [2.75, 3.05) is 0 Å². The topological polar surface area (TPSA) is 103 Å². The fraction of sp³-hybridized carbons (Fsp3) is 0.350. The molecule has 1 aromatic carbocycles.